The summed E-state index contributed by atoms with van der Waals surface area (Å²) < 4.78 is 13.1. The number of halogens is 1. The van der Waals surface area contributed by atoms with Crippen LogP contribution in [-0.2, 0) is 0 Å². The highest BCUT2D eigenvalue weighted by Crippen LogP contribution is 2.29. The van der Waals surface area contributed by atoms with E-state index in [-0.39, 0.29) is 5.82 Å². The van der Waals surface area contributed by atoms with Crippen LogP contribution in [0, 0.1) is 18.7 Å². The van der Waals surface area contributed by atoms with Gasteiger partial charge in [0.1, 0.15) is 5.82 Å². The topological polar surface area (TPSA) is 12.0 Å². The second-order valence-electron chi connectivity index (χ2n) is 4.59. The summed E-state index contributed by atoms with van der Waals surface area (Å²) in [5.41, 5.74) is 2.03. The third-order valence-corrected chi connectivity index (χ3v) is 3.44. The summed E-state index contributed by atoms with van der Waals surface area (Å²) in [6.45, 7) is 6.24. The lowest BCUT2D eigenvalue weighted by Crippen LogP contribution is -2.33. The van der Waals surface area contributed by atoms with Gasteiger partial charge in [-0.2, -0.15) is 0 Å². The van der Waals surface area contributed by atoms with Crippen LogP contribution in [0.2, 0.25) is 0 Å². The van der Waals surface area contributed by atoms with Crippen LogP contribution in [0.3, 0.4) is 0 Å². The molecule has 0 aromatic heterocycles. The SMILES string of the molecule is Cc1cc(C2CNCCC2C)ccc1F. The molecule has 2 atom stereocenters. The molecule has 1 N–H and O–H groups in total. The van der Waals surface area contributed by atoms with Crippen molar-refractivity contribution in [3.8, 4) is 0 Å². The Bertz CT molecular complexity index is 348. The van der Waals surface area contributed by atoms with E-state index in [0.29, 0.717) is 11.8 Å². The van der Waals surface area contributed by atoms with Crippen molar-refractivity contribution < 1.29 is 4.39 Å². The van der Waals surface area contributed by atoms with Gasteiger partial charge in [-0.15, -0.1) is 0 Å². The van der Waals surface area contributed by atoms with Crippen LogP contribution >= 0.6 is 0 Å². The summed E-state index contributed by atoms with van der Waals surface area (Å²) in [5.74, 6) is 1.13. The highest BCUT2D eigenvalue weighted by Gasteiger charge is 2.22. The number of hydrogen-bond acceptors (Lipinski definition) is 1. The van der Waals surface area contributed by atoms with Crippen LogP contribution in [0.25, 0.3) is 0 Å². The normalized spacial score (nSPS) is 26.6. The van der Waals surface area contributed by atoms with Crippen LogP contribution in [-0.4, -0.2) is 13.1 Å². The summed E-state index contributed by atoms with van der Waals surface area (Å²) in [6, 6.07) is 5.51. The van der Waals surface area contributed by atoms with Crippen molar-refractivity contribution >= 4 is 0 Å². The van der Waals surface area contributed by atoms with Gasteiger partial charge in [0.25, 0.3) is 0 Å². The van der Waals surface area contributed by atoms with E-state index in [0.717, 1.165) is 18.7 Å². The fourth-order valence-corrected chi connectivity index (χ4v) is 2.33. The van der Waals surface area contributed by atoms with E-state index in [4.69, 9.17) is 0 Å². The lowest BCUT2D eigenvalue weighted by Gasteiger charge is -2.30. The summed E-state index contributed by atoms with van der Waals surface area (Å²) in [5, 5.41) is 3.40. The summed E-state index contributed by atoms with van der Waals surface area (Å²) >= 11 is 0. The Morgan fingerprint density at radius 3 is 2.87 bits per heavy atom. The molecule has 1 saturated heterocycles. The van der Waals surface area contributed by atoms with E-state index in [1.165, 1.54) is 12.0 Å². The summed E-state index contributed by atoms with van der Waals surface area (Å²) in [6.07, 6.45) is 1.21. The van der Waals surface area contributed by atoms with Gasteiger partial charge in [-0.3, -0.25) is 0 Å². The molecule has 1 aliphatic rings. The molecule has 1 heterocycles. The van der Waals surface area contributed by atoms with E-state index in [1.54, 1.807) is 6.07 Å². The van der Waals surface area contributed by atoms with E-state index < -0.39 is 0 Å². The molecule has 2 heteroatoms. The molecular formula is C13H18FN. The van der Waals surface area contributed by atoms with Gasteiger partial charge in [-0.1, -0.05) is 19.1 Å². The van der Waals surface area contributed by atoms with E-state index in [9.17, 15) is 4.39 Å². The second-order valence-corrected chi connectivity index (χ2v) is 4.59. The Labute approximate surface area is 90.7 Å². The Morgan fingerprint density at radius 1 is 1.40 bits per heavy atom. The zero-order valence-electron chi connectivity index (χ0n) is 9.39. The third kappa shape index (κ3) is 2.20. The fraction of sp³-hybridized carbons (Fsp3) is 0.538. The predicted octanol–water partition coefficient (Wildman–Crippen LogP) is 2.85. The molecule has 2 rings (SSSR count). The summed E-state index contributed by atoms with van der Waals surface area (Å²) in [7, 11) is 0. The first-order chi connectivity index (χ1) is 7.18. The summed E-state index contributed by atoms with van der Waals surface area (Å²) in [4.78, 5) is 0. The largest absolute Gasteiger partial charge is 0.316 e. The van der Waals surface area contributed by atoms with Crippen molar-refractivity contribution in [1.29, 1.82) is 0 Å². The molecule has 82 valence electrons. The number of nitrogens with one attached hydrogen (secondary N) is 1. The first-order valence-corrected chi connectivity index (χ1v) is 5.65. The molecule has 0 saturated carbocycles. The Morgan fingerprint density at radius 2 is 2.20 bits per heavy atom. The van der Waals surface area contributed by atoms with Crippen molar-refractivity contribution in [2.24, 2.45) is 5.92 Å². The van der Waals surface area contributed by atoms with Crippen molar-refractivity contribution in [2.45, 2.75) is 26.2 Å². The molecule has 0 spiro atoms. The number of piperidine rings is 1. The standard InChI is InChI=1S/C13H18FN/c1-9-5-6-15-8-12(9)11-3-4-13(14)10(2)7-11/h3-4,7,9,12,15H,5-6,8H2,1-2H3. The van der Waals surface area contributed by atoms with Crippen LogP contribution < -0.4 is 5.32 Å². The molecule has 1 aliphatic heterocycles. The van der Waals surface area contributed by atoms with Crippen molar-refractivity contribution in [1.82, 2.24) is 5.32 Å². The first-order valence-electron chi connectivity index (χ1n) is 5.65. The Hall–Kier alpha value is -0.890. The number of rotatable bonds is 1. The molecule has 1 aromatic rings. The predicted molar refractivity (Wildman–Crippen MR) is 60.5 cm³/mol. The minimum atomic E-state index is -0.102. The number of aryl methyl sites for hydroxylation is 1. The van der Waals surface area contributed by atoms with E-state index in [2.05, 4.69) is 12.2 Å². The maximum absolute atomic E-state index is 13.1. The van der Waals surface area contributed by atoms with Gasteiger partial charge in [0.05, 0.1) is 0 Å². The van der Waals surface area contributed by atoms with E-state index >= 15 is 0 Å². The molecule has 1 fully saturated rings. The molecule has 0 radical (unpaired) electrons. The van der Waals surface area contributed by atoms with Crippen molar-refractivity contribution in [3.63, 3.8) is 0 Å². The molecule has 0 amide bonds. The zero-order valence-corrected chi connectivity index (χ0v) is 9.39. The maximum Gasteiger partial charge on any atom is 0.126 e. The molecular weight excluding hydrogens is 189 g/mol. The quantitative estimate of drug-likeness (QED) is 0.746. The molecule has 1 nitrogen and oxygen atoms in total. The maximum atomic E-state index is 13.1. The van der Waals surface area contributed by atoms with Crippen LogP contribution in [0.4, 0.5) is 4.39 Å². The fourth-order valence-electron chi connectivity index (χ4n) is 2.33. The smallest absolute Gasteiger partial charge is 0.126 e. The minimum absolute atomic E-state index is 0.102. The second kappa shape index (κ2) is 4.31. The minimum Gasteiger partial charge on any atom is -0.316 e. The van der Waals surface area contributed by atoms with Crippen molar-refractivity contribution in [2.75, 3.05) is 13.1 Å². The van der Waals surface area contributed by atoms with E-state index in [1.807, 2.05) is 19.1 Å². The van der Waals surface area contributed by atoms with Gasteiger partial charge in [-0.25, -0.2) is 4.39 Å². The van der Waals surface area contributed by atoms with Gasteiger partial charge in [-0.05, 0) is 48.9 Å². The van der Waals surface area contributed by atoms with Gasteiger partial charge in [0.2, 0.25) is 0 Å². The van der Waals surface area contributed by atoms with Crippen LogP contribution in [0.15, 0.2) is 18.2 Å². The van der Waals surface area contributed by atoms with Crippen LogP contribution in [0.5, 0.6) is 0 Å². The lowest BCUT2D eigenvalue weighted by atomic mass is 9.82. The molecule has 2 unspecified atom stereocenters. The number of hydrogen-bond donors (Lipinski definition) is 1. The Balaban J connectivity index is 2.24. The average molecular weight is 207 g/mol. The third-order valence-electron chi connectivity index (χ3n) is 3.44. The molecule has 15 heavy (non-hydrogen) atoms. The van der Waals surface area contributed by atoms with Gasteiger partial charge < -0.3 is 5.32 Å². The first kappa shape index (κ1) is 10.6. The average Bonchev–Trinajstić information content (AvgIpc) is 2.23. The Kier molecular flexibility index (Phi) is 3.06. The van der Waals surface area contributed by atoms with Gasteiger partial charge in [0, 0.05) is 6.54 Å². The molecule has 0 bridgehead atoms. The highest BCUT2D eigenvalue weighted by atomic mass is 19.1. The zero-order chi connectivity index (χ0) is 10.8. The monoisotopic (exact) mass is 207 g/mol. The van der Waals surface area contributed by atoms with Gasteiger partial charge >= 0.3 is 0 Å². The highest BCUT2D eigenvalue weighted by molar-refractivity contribution is 5.28. The van der Waals surface area contributed by atoms with Crippen molar-refractivity contribution in [3.05, 3.63) is 35.1 Å². The molecule has 0 aliphatic carbocycles. The molecule has 1 aromatic carbocycles. The lowest BCUT2D eigenvalue weighted by molar-refractivity contribution is 0.348. The van der Waals surface area contributed by atoms with Gasteiger partial charge in [0.15, 0.2) is 0 Å². The number of benzene rings is 1. The van der Waals surface area contributed by atoms with Crippen LogP contribution in [0.1, 0.15) is 30.4 Å².